The molecule has 4 aromatic carbocycles. The molecule has 0 nitrogen and oxygen atoms in total. The standard InChI is InChI=1S/2C14H17.C4H10Si.2ClH.Zr/c2*1-9(2)12-6-5-11(4)13-7-10(3)8-14(12)13;1-3-5-4-2;;;/h2*5-9H,1-4H3;3-4H2,1-2H3;2*1H;/q2*-1;;;;+2/p-2. The van der Waals surface area contributed by atoms with Crippen molar-refractivity contribution in [3.63, 3.8) is 0 Å². The van der Waals surface area contributed by atoms with E-state index in [4.69, 9.17) is 17.0 Å². The summed E-state index contributed by atoms with van der Waals surface area (Å²) in [4.78, 5) is 0. The van der Waals surface area contributed by atoms with Gasteiger partial charge in [-0.05, 0) is 11.8 Å². The van der Waals surface area contributed by atoms with E-state index in [1.807, 2.05) is 0 Å². The van der Waals surface area contributed by atoms with Crippen molar-refractivity contribution < 1.29 is 18.0 Å². The van der Waals surface area contributed by atoms with Crippen LogP contribution >= 0.6 is 17.0 Å². The molecular weight excluding hydrogens is 575 g/mol. The van der Waals surface area contributed by atoms with Gasteiger partial charge in [0.05, 0.1) is 0 Å². The zero-order valence-electron chi connectivity index (χ0n) is 23.9. The molecule has 0 atom stereocenters. The molecule has 0 aromatic heterocycles. The van der Waals surface area contributed by atoms with Crippen molar-refractivity contribution in [2.75, 3.05) is 0 Å². The monoisotopic (exact) mass is 616 g/mol. The van der Waals surface area contributed by atoms with E-state index in [0.29, 0.717) is 11.8 Å². The zero-order valence-corrected chi connectivity index (χ0v) is 28.9. The van der Waals surface area contributed by atoms with Crippen LogP contribution in [0.5, 0.6) is 0 Å². The third-order valence-electron chi connectivity index (χ3n) is 6.93. The molecule has 0 heterocycles. The number of halogens is 2. The Morgan fingerprint density at radius 2 is 1.06 bits per heavy atom. The number of rotatable bonds is 4. The van der Waals surface area contributed by atoms with Gasteiger partial charge in [-0.15, -0.1) is 68.1 Å². The number of hydrogen-bond donors (Lipinski definition) is 0. The minimum absolute atomic E-state index is 0.213. The van der Waals surface area contributed by atoms with E-state index in [9.17, 15) is 0 Å². The molecule has 0 aliphatic rings. The van der Waals surface area contributed by atoms with Crippen molar-refractivity contribution in [3.05, 3.63) is 81.9 Å². The fourth-order valence-corrected chi connectivity index (χ4v) is 19.2. The van der Waals surface area contributed by atoms with Gasteiger partial charge in [0.15, 0.2) is 0 Å². The molecule has 196 valence electrons. The molecule has 0 radical (unpaired) electrons. The van der Waals surface area contributed by atoms with Crippen molar-refractivity contribution in [2.45, 2.75) is 93.2 Å². The van der Waals surface area contributed by atoms with Gasteiger partial charge in [0.2, 0.25) is 0 Å². The SMILES string of the molecule is CC[Si](CC)=[Zr]([Cl])[Cl].Cc1cc2c(C(C)C)ccc(C)c2[cH-]1.Cc1cc2c(C(C)C)ccc(C)c2[cH-]1. The van der Waals surface area contributed by atoms with E-state index in [-0.39, 0.29) is 5.43 Å². The van der Waals surface area contributed by atoms with Crippen molar-refractivity contribution >= 4 is 44.0 Å². The molecule has 4 rings (SSSR count). The van der Waals surface area contributed by atoms with Crippen LogP contribution in [0.15, 0.2) is 48.5 Å². The molecule has 0 N–H and O–H groups in total. The first kappa shape index (κ1) is 31.6. The Balaban J connectivity index is 0.000000199. The molecule has 0 bridgehead atoms. The van der Waals surface area contributed by atoms with Gasteiger partial charge in [-0.3, -0.25) is 0 Å². The van der Waals surface area contributed by atoms with E-state index < -0.39 is 18.0 Å². The summed E-state index contributed by atoms with van der Waals surface area (Å²) in [7, 11) is 11.7. The summed E-state index contributed by atoms with van der Waals surface area (Å²) in [6, 6.07) is 20.7. The molecule has 4 aromatic rings. The second-order valence-corrected chi connectivity index (χ2v) is 32.0. The van der Waals surface area contributed by atoms with E-state index in [0.717, 1.165) is 0 Å². The van der Waals surface area contributed by atoms with Gasteiger partial charge < -0.3 is 0 Å². The maximum Gasteiger partial charge on any atom is -0.0308 e. The van der Waals surface area contributed by atoms with E-state index in [1.165, 1.54) is 67.0 Å². The first-order valence-corrected chi connectivity index (χ1v) is 25.2. The average Bonchev–Trinajstić information content (AvgIpc) is 3.38. The predicted molar refractivity (Wildman–Crippen MR) is 165 cm³/mol. The molecule has 0 spiro atoms. The summed E-state index contributed by atoms with van der Waals surface area (Å²) in [6.07, 6.45) is 0. The Hall–Kier alpha value is -0.660. The summed E-state index contributed by atoms with van der Waals surface area (Å²) >= 11 is -1.72. The molecule has 0 amide bonds. The van der Waals surface area contributed by atoms with Gasteiger partial charge >= 0.3 is 66.4 Å². The minimum atomic E-state index is -1.72. The number of benzene rings is 2. The van der Waals surface area contributed by atoms with E-state index >= 15 is 0 Å². The van der Waals surface area contributed by atoms with Gasteiger partial charge in [0.25, 0.3) is 0 Å². The van der Waals surface area contributed by atoms with Crippen molar-refractivity contribution in [1.29, 1.82) is 0 Å². The van der Waals surface area contributed by atoms with Crippen LogP contribution in [0.1, 0.15) is 86.8 Å². The molecule has 0 aliphatic carbocycles. The van der Waals surface area contributed by atoms with E-state index in [1.54, 1.807) is 0 Å². The summed E-state index contributed by atoms with van der Waals surface area (Å²) in [5.74, 6) is 1.22. The summed E-state index contributed by atoms with van der Waals surface area (Å²) in [5, 5.41) is 5.73. The van der Waals surface area contributed by atoms with Crippen LogP contribution in [0.25, 0.3) is 21.5 Å². The van der Waals surface area contributed by atoms with E-state index in [2.05, 4.69) is 118 Å². The fraction of sp³-hybridized carbons (Fsp3) is 0.438. The largest absolute Gasteiger partial charge is 0.165 e. The maximum absolute atomic E-state index is 5.85. The zero-order chi connectivity index (χ0) is 27.2. The van der Waals surface area contributed by atoms with Crippen LogP contribution in [-0.2, 0) is 18.0 Å². The third-order valence-corrected chi connectivity index (χ3v) is 27.8. The van der Waals surface area contributed by atoms with Gasteiger partial charge in [-0.2, -0.15) is 12.1 Å². The normalized spacial score (nSPS) is 10.9. The molecule has 36 heavy (non-hydrogen) atoms. The van der Waals surface area contributed by atoms with Crippen LogP contribution in [0.3, 0.4) is 0 Å². The first-order valence-electron chi connectivity index (χ1n) is 13.3. The topological polar surface area (TPSA) is 0 Å². The van der Waals surface area contributed by atoms with Crippen LogP contribution in [0, 0.1) is 27.7 Å². The Morgan fingerprint density at radius 1 is 0.694 bits per heavy atom. The van der Waals surface area contributed by atoms with Crippen LogP contribution < -0.4 is 0 Å². The third kappa shape index (κ3) is 8.17. The molecule has 4 heteroatoms. The van der Waals surface area contributed by atoms with Crippen molar-refractivity contribution in [1.82, 2.24) is 0 Å². The predicted octanol–water partition coefficient (Wildman–Crippen LogP) is 11.5. The minimum Gasteiger partial charge on any atom is -0.165 e. The van der Waals surface area contributed by atoms with Crippen LogP contribution in [0.4, 0.5) is 0 Å². The molecule has 0 fully saturated rings. The van der Waals surface area contributed by atoms with Gasteiger partial charge in [0, 0.05) is 0 Å². The Labute approximate surface area is 235 Å². The second-order valence-electron chi connectivity index (χ2n) is 10.5. The first-order chi connectivity index (χ1) is 16.9. The summed E-state index contributed by atoms with van der Waals surface area (Å²) in [5.41, 5.74) is 8.25. The molecule has 0 unspecified atom stereocenters. The number of hydrogen-bond acceptors (Lipinski definition) is 0. The molecule has 0 aliphatic heterocycles. The number of fused-ring (bicyclic) bond motifs is 2. The number of aryl methyl sites for hydroxylation is 4. The van der Waals surface area contributed by atoms with Crippen molar-refractivity contribution in [2.24, 2.45) is 0 Å². The average molecular weight is 619 g/mol. The molecule has 0 saturated heterocycles. The Kier molecular flexibility index (Phi) is 12.7. The van der Waals surface area contributed by atoms with Gasteiger partial charge in [-0.25, -0.2) is 0 Å². The Morgan fingerprint density at radius 3 is 1.31 bits per heavy atom. The van der Waals surface area contributed by atoms with Gasteiger partial charge in [-0.1, -0.05) is 78.6 Å². The fourth-order valence-electron chi connectivity index (χ4n) is 4.75. The van der Waals surface area contributed by atoms with Crippen LogP contribution in [0.2, 0.25) is 12.1 Å². The Bertz CT molecular complexity index is 1220. The van der Waals surface area contributed by atoms with Gasteiger partial charge in [0.1, 0.15) is 0 Å². The maximum atomic E-state index is 5.85. The quantitative estimate of drug-likeness (QED) is 0.158. The summed E-state index contributed by atoms with van der Waals surface area (Å²) < 4.78 is 0. The van der Waals surface area contributed by atoms with Crippen molar-refractivity contribution in [3.8, 4) is 0 Å². The smallest absolute Gasteiger partial charge is 0.0308 e. The molecular formula is C32H44Cl2SiZr-2. The van der Waals surface area contributed by atoms with Crippen LogP contribution in [-0.4, -0.2) is 5.43 Å². The molecule has 0 saturated carbocycles. The summed E-state index contributed by atoms with van der Waals surface area (Å²) in [6.45, 7) is 22.1. The second kappa shape index (κ2) is 14.5.